The first-order valence-corrected chi connectivity index (χ1v) is 6.43. The highest BCUT2D eigenvalue weighted by Crippen LogP contribution is 2.38. The lowest BCUT2D eigenvalue weighted by molar-refractivity contribution is 0.351. The summed E-state index contributed by atoms with van der Waals surface area (Å²) in [4.78, 5) is 4.46. The molecule has 0 bridgehead atoms. The van der Waals surface area contributed by atoms with Crippen LogP contribution in [-0.2, 0) is 12.8 Å². The first kappa shape index (κ1) is 11.4. The van der Waals surface area contributed by atoms with Gasteiger partial charge in [-0.2, -0.15) is 4.98 Å². The average molecular weight is 243 g/mol. The number of hydrogen-bond donors (Lipinski definition) is 1. The van der Waals surface area contributed by atoms with Gasteiger partial charge in [-0.1, -0.05) is 36.3 Å². The third-order valence-corrected chi connectivity index (χ3v) is 3.61. The molecule has 0 amide bonds. The Labute approximate surface area is 106 Å². The van der Waals surface area contributed by atoms with Gasteiger partial charge in [-0.05, 0) is 24.0 Å². The van der Waals surface area contributed by atoms with Crippen molar-refractivity contribution >= 4 is 0 Å². The van der Waals surface area contributed by atoms with Crippen LogP contribution in [-0.4, -0.2) is 16.2 Å². The van der Waals surface area contributed by atoms with Crippen molar-refractivity contribution in [1.29, 1.82) is 0 Å². The maximum absolute atomic E-state index is 5.89. The maximum Gasteiger partial charge on any atom is 0.234 e. The number of benzene rings is 1. The van der Waals surface area contributed by atoms with Gasteiger partial charge in [0.2, 0.25) is 5.89 Å². The molecule has 0 radical (unpaired) electrons. The predicted octanol–water partition coefficient (Wildman–Crippen LogP) is 2.04. The van der Waals surface area contributed by atoms with Crippen molar-refractivity contribution in [1.82, 2.24) is 10.1 Å². The van der Waals surface area contributed by atoms with Crippen molar-refractivity contribution in [3.05, 3.63) is 47.1 Å². The summed E-state index contributed by atoms with van der Waals surface area (Å²) < 4.78 is 5.35. The molecule has 0 saturated heterocycles. The monoisotopic (exact) mass is 243 g/mol. The van der Waals surface area contributed by atoms with Gasteiger partial charge in [-0.25, -0.2) is 0 Å². The van der Waals surface area contributed by atoms with Crippen LogP contribution in [0.25, 0.3) is 0 Å². The summed E-state index contributed by atoms with van der Waals surface area (Å²) in [7, 11) is 0. The number of rotatable bonds is 4. The Hall–Kier alpha value is -1.68. The molecule has 2 atom stereocenters. The number of hydrogen-bond acceptors (Lipinski definition) is 4. The van der Waals surface area contributed by atoms with Crippen molar-refractivity contribution in [2.24, 2.45) is 5.73 Å². The standard InChI is InChI=1S/C14H17N3O/c1-2-10(15)8-13-16-14(18-17-13)12-7-9-5-3-4-6-11(9)12/h3-6,10,12H,2,7-8,15H2,1H3. The van der Waals surface area contributed by atoms with Crippen LogP contribution in [0.2, 0.25) is 0 Å². The molecule has 2 N–H and O–H groups in total. The summed E-state index contributed by atoms with van der Waals surface area (Å²) in [6.45, 7) is 2.06. The van der Waals surface area contributed by atoms with E-state index >= 15 is 0 Å². The zero-order chi connectivity index (χ0) is 12.5. The molecule has 94 valence electrons. The van der Waals surface area contributed by atoms with Gasteiger partial charge in [0.15, 0.2) is 5.82 Å². The molecule has 1 aliphatic carbocycles. The second kappa shape index (κ2) is 4.53. The molecule has 1 aromatic carbocycles. The van der Waals surface area contributed by atoms with Crippen molar-refractivity contribution in [3.63, 3.8) is 0 Å². The molecule has 18 heavy (non-hydrogen) atoms. The molecule has 1 heterocycles. The van der Waals surface area contributed by atoms with E-state index in [2.05, 4.69) is 41.3 Å². The minimum atomic E-state index is 0.115. The molecular weight excluding hydrogens is 226 g/mol. The Morgan fingerprint density at radius 2 is 2.28 bits per heavy atom. The van der Waals surface area contributed by atoms with Crippen molar-refractivity contribution in [2.45, 2.75) is 38.1 Å². The van der Waals surface area contributed by atoms with Gasteiger partial charge in [0.1, 0.15) is 0 Å². The summed E-state index contributed by atoms with van der Waals surface area (Å²) in [5.74, 6) is 1.73. The molecule has 0 spiro atoms. The quantitative estimate of drug-likeness (QED) is 0.892. The summed E-state index contributed by atoms with van der Waals surface area (Å²) in [6, 6.07) is 8.51. The number of nitrogens with zero attached hydrogens (tertiary/aromatic N) is 2. The smallest absolute Gasteiger partial charge is 0.234 e. The first-order chi connectivity index (χ1) is 8.78. The Bertz CT molecular complexity index is 549. The van der Waals surface area contributed by atoms with E-state index in [4.69, 9.17) is 10.3 Å². The lowest BCUT2D eigenvalue weighted by Crippen LogP contribution is -2.22. The highest BCUT2D eigenvalue weighted by atomic mass is 16.5. The van der Waals surface area contributed by atoms with Gasteiger partial charge in [0.25, 0.3) is 0 Å². The zero-order valence-electron chi connectivity index (χ0n) is 10.5. The van der Waals surface area contributed by atoms with Crippen LogP contribution in [0.15, 0.2) is 28.8 Å². The molecule has 0 saturated carbocycles. The highest BCUT2D eigenvalue weighted by Gasteiger charge is 2.31. The van der Waals surface area contributed by atoms with Gasteiger partial charge in [-0.3, -0.25) is 0 Å². The minimum Gasteiger partial charge on any atom is -0.339 e. The molecule has 4 nitrogen and oxygen atoms in total. The fraction of sp³-hybridized carbons (Fsp3) is 0.429. The number of fused-ring (bicyclic) bond motifs is 1. The van der Waals surface area contributed by atoms with Crippen LogP contribution in [0, 0.1) is 0 Å². The molecular formula is C14H17N3O. The molecule has 0 fully saturated rings. The van der Waals surface area contributed by atoms with Crippen LogP contribution in [0.3, 0.4) is 0 Å². The van der Waals surface area contributed by atoms with Gasteiger partial charge >= 0.3 is 0 Å². The van der Waals surface area contributed by atoms with Crippen LogP contribution >= 0.6 is 0 Å². The van der Waals surface area contributed by atoms with Crippen LogP contribution < -0.4 is 5.73 Å². The summed E-state index contributed by atoms with van der Waals surface area (Å²) >= 11 is 0. The Morgan fingerprint density at radius 1 is 1.44 bits per heavy atom. The van der Waals surface area contributed by atoms with E-state index in [1.807, 2.05) is 0 Å². The van der Waals surface area contributed by atoms with Gasteiger partial charge < -0.3 is 10.3 Å². The van der Waals surface area contributed by atoms with E-state index in [-0.39, 0.29) is 12.0 Å². The summed E-state index contributed by atoms with van der Waals surface area (Å²) in [5, 5.41) is 4.01. The first-order valence-electron chi connectivity index (χ1n) is 6.43. The molecule has 2 unspecified atom stereocenters. The van der Waals surface area contributed by atoms with Gasteiger partial charge in [0, 0.05) is 12.5 Å². The predicted molar refractivity (Wildman–Crippen MR) is 68.3 cm³/mol. The second-order valence-corrected chi connectivity index (χ2v) is 4.88. The molecule has 0 aliphatic heterocycles. The minimum absolute atomic E-state index is 0.115. The number of nitrogens with two attached hydrogens (primary N) is 1. The SMILES string of the molecule is CCC(N)Cc1noc(C2Cc3ccccc32)n1. The second-order valence-electron chi connectivity index (χ2n) is 4.88. The van der Waals surface area contributed by atoms with Crippen molar-refractivity contribution in [2.75, 3.05) is 0 Å². The fourth-order valence-corrected chi connectivity index (χ4v) is 2.35. The fourth-order valence-electron chi connectivity index (χ4n) is 2.35. The van der Waals surface area contributed by atoms with Crippen LogP contribution in [0.5, 0.6) is 0 Å². The lowest BCUT2D eigenvalue weighted by atomic mass is 9.77. The molecule has 3 rings (SSSR count). The van der Waals surface area contributed by atoms with Crippen molar-refractivity contribution in [3.8, 4) is 0 Å². The normalized spacial score (nSPS) is 19.1. The third-order valence-electron chi connectivity index (χ3n) is 3.61. The van der Waals surface area contributed by atoms with E-state index in [9.17, 15) is 0 Å². The topological polar surface area (TPSA) is 64.9 Å². The van der Waals surface area contributed by atoms with Crippen molar-refractivity contribution < 1.29 is 4.52 Å². The third kappa shape index (κ3) is 1.93. The maximum atomic E-state index is 5.89. The van der Waals surface area contributed by atoms with Gasteiger partial charge in [-0.15, -0.1) is 0 Å². The van der Waals surface area contributed by atoms with E-state index in [0.717, 1.165) is 24.6 Å². The molecule has 1 aliphatic rings. The lowest BCUT2D eigenvalue weighted by Gasteiger charge is -2.26. The highest BCUT2D eigenvalue weighted by molar-refractivity contribution is 5.43. The summed E-state index contributed by atoms with van der Waals surface area (Å²) in [6.07, 6.45) is 2.61. The number of aromatic nitrogens is 2. The average Bonchev–Trinajstić information content (AvgIpc) is 2.79. The summed E-state index contributed by atoms with van der Waals surface area (Å²) in [5.41, 5.74) is 8.59. The molecule has 4 heteroatoms. The zero-order valence-corrected chi connectivity index (χ0v) is 10.5. The Kier molecular flexibility index (Phi) is 2.88. The Morgan fingerprint density at radius 3 is 3.06 bits per heavy atom. The molecule has 1 aromatic heterocycles. The van der Waals surface area contributed by atoms with E-state index in [1.165, 1.54) is 11.1 Å². The molecule has 2 aromatic rings. The van der Waals surface area contributed by atoms with Crippen LogP contribution in [0.4, 0.5) is 0 Å². The Balaban J connectivity index is 1.76. The largest absolute Gasteiger partial charge is 0.339 e. The van der Waals surface area contributed by atoms with Gasteiger partial charge in [0.05, 0.1) is 5.92 Å². The van der Waals surface area contributed by atoms with E-state index < -0.39 is 0 Å². The van der Waals surface area contributed by atoms with E-state index in [0.29, 0.717) is 6.42 Å². The van der Waals surface area contributed by atoms with E-state index in [1.54, 1.807) is 0 Å². The van der Waals surface area contributed by atoms with Crippen LogP contribution in [0.1, 0.15) is 42.1 Å².